The number of nitrogens with one attached hydrogen (secondary N) is 3. The lowest BCUT2D eigenvalue weighted by Gasteiger charge is -2.13. The molecule has 0 heterocycles. The Hall–Kier alpha value is -3.23. The van der Waals surface area contributed by atoms with Crippen LogP contribution < -0.4 is 20.7 Å². The number of para-hydroxylation sites is 1. The molecule has 0 aliphatic heterocycles. The zero-order valence-corrected chi connectivity index (χ0v) is 15.2. The molecule has 0 atom stereocenters. The number of hydrogen-bond donors (Lipinski definition) is 3. The summed E-state index contributed by atoms with van der Waals surface area (Å²) in [5, 5.41) is 8.34. The van der Waals surface area contributed by atoms with Gasteiger partial charge >= 0.3 is 6.61 Å². The maximum absolute atomic E-state index is 13.2. The van der Waals surface area contributed by atoms with Gasteiger partial charge in [-0.25, -0.2) is 9.38 Å². The molecule has 0 bridgehead atoms. The molecule has 150 valence electrons. The highest BCUT2D eigenvalue weighted by Crippen LogP contribution is 2.20. The van der Waals surface area contributed by atoms with Gasteiger partial charge in [0.15, 0.2) is 5.96 Å². The summed E-state index contributed by atoms with van der Waals surface area (Å²) in [7, 11) is 0. The first kappa shape index (κ1) is 21.1. The summed E-state index contributed by atoms with van der Waals surface area (Å²) < 4.78 is 42.6. The number of carbonyl (C=O) groups is 1. The lowest BCUT2D eigenvalue weighted by atomic mass is 10.2. The van der Waals surface area contributed by atoms with Crippen molar-refractivity contribution in [2.45, 2.75) is 20.1 Å². The second-order valence-electron chi connectivity index (χ2n) is 5.59. The maximum Gasteiger partial charge on any atom is 0.387 e. The van der Waals surface area contributed by atoms with Crippen LogP contribution in [0.4, 0.5) is 18.9 Å². The van der Waals surface area contributed by atoms with E-state index >= 15 is 0 Å². The molecular weight excluding hydrogens is 373 g/mol. The fraction of sp³-hybridized carbons (Fsp3) is 0.263. The number of halogens is 3. The first-order valence-electron chi connectivity index (χ1n) is 8.58. The van der Waals surface area contributed by atoms with E-state index in [1.165, 1.54) is 24.3 Å². The topological polar surface area (TPSA) is 74.8 Å². The zero-order valence-electron chi connectivity index (χ0n) is 15.2. The van der Waals surface area contributed by atoms with E-state index in [9.17, 15) is 18.0 Å². The van der Waals surface area contributed by atoms with E-state index in [1.54, 1.807) is 24.3 Å². The quantitative estimate of drug-likeness (QED) is 0.475. The molecule has 1 amide bonds. The van der Waals surface area contributed by atoms with E-state index in [4.69, 9.17) is 0 Å². The van der Waals surface area contributed by atoms with Gasteiger partial charge in [-0.3, -0.25) is 4.79 Å². The summed E-state index contributed by atoms with van der Waals surface area (Å²) in [6.07, 6.45) is 0. The van der Waals surface area contributed by atoms with Gasteiger partial charge in [0.2, 0.25) is 5.91 Å². The molecular formula is C19H21F3N4O2. The van der Waals surface area contributed by atoms with Gasteiger partial charge < -0.3 is 20.7 Å². The van der Waals surface area contributed by atoms with Crippen LogP contribution in [0.2, 0.25) is 0 Å². The minimum Gasteiger partial charge on any atom is -0.434 e. The fourth-order valence-electron chi connectivity index (χ4n) is 2.29. The number of benzene rings is 2. The molecule has 0 fully saturated rings. The molecule has 9 heteroatoms. The molecule has 6 nitrogen and oxygen atoms in total. The van der Waals surface area contributed by atoms with Crippen molar-refractivity contribution in [3.63, 3.8) is 0 Å². The SMILES string of the molecule is CCNC(=NCc1ccccc1OC(F)F)NCC(=O)Nc1cccc(F)c1. The number of carbonyl (C=O) groups excluding carboxylic acids is 1. The molecule has 0 aromatic heterocycles. The van der Waals surface area contributed by atoms with Gasteiger partial charge in [0.1, 0.15) is 11.6 Å². The molecule has 28 heavy (non-hydrogen) atoms. The number of hydrogen-bond acceptors (Lipinski definition) is 3. The smallest absolute Gasteiger partial charge is 0.387 e. The molecule has 0 spiro atoms. The van der Waals surface area contributed by atoms with Crippen molar-refractivity contribution < 1.29 is 22.7 Å². The fourth-order valence-corrected chi connectivity index (χ4v) is 2.29. The third-order valence-corrected chi connectivity index (χ3v) is 3.47. The van der Waals surface area contributed by atoms with E-state index in [-0.39, 0.29) is 18.8 Å². The van der Waals surface area contributed by atoms with E-state index < -0.39 is 18.3 Å². The molecule has 3 N–H and O–H groups in total. The van der Waals surface area contributed by atoms with Gasteiger partial charge in [0.05, 0.1) is 13.1 Å². The highest BCUT2D eigenvalue weighted by Gasteiger charge is 2.09. The number of amides is 1. The Morgan fingerprint density at radius 2 is 1.93 bits per heavy atom. The van der Waals surface area contributed by atoms with E-state index in [0.717, 1.165) is 0 Å². The van der Waals surface area contributed by atoms with Gasteiger partial charge in [-0.1, -0.05) is 24.3 Å². The Morgan fingerprint density at radius 3 is 2.64 bits per heavy atom. The van der Waals surface area contributed by atoms with Gasteiger partial charge in [-0.15, -0.1) is 0 Å². The molecule has 0 aliphatic rings. The van der Waals surface area contributed by atoms with E-state index in [2.05, 4.69) is 25.7 Å². The number of aliphatic imine (C=N–C) groups is 1. The third kappa shape index (κ3) is 7.18. The van der Waals surface area contributed by atoms with E-state index in [1.807, 2.05) is 6.92 Å². The van der Waals surface area contributed by atoms with Crippen molar-refractivity contribution in [1.82, 2.24) is 10.6 Å². The van der Waals surface area contributed by atoms with Crippen LogP contribution in [0.3, 0.4) is 0 Å². The van der Waals surface area contributed by atoms with Crippen LogP contribution in [0.1, 0.15) is 12.5 Å². The summed E-state index contributed by atoms with van der Waals surface area (Å²) in [5.74, 6) is -0.479. The van der Waals surface area contributed by atoms with Gasteiger partial charge in [0.25, 0.3) is 0 Å². The molecule has 0 unspecified atom stereocenters. The summed E-state index contributed by atoms with van der Waals surface area (Å²) in [6.45, 7) is -0.589. The highest BCUT2D eigenvalue weighted by molar-refractivity contribution is 5.94. The van der Waals surface area contributed by atoms with Crippen molar-refractivity contribution >= 4 is 17.6 Å². The number of anilines is 1. The van der Waals surface area contributed by atoms with Crippen LogP contribution in [0.25, 0.3) is 0 Å². The van der Waals surface area contributed by atoms with Crippen LogP contribution >= 0.6 is 0 Å². The Balaban J connectivity index is 1.96. The van der Waals surface area contributed by atoms with Crippen LogP contribution in [-0.4, -0.2) is 31.6 Å². The minimum atomic E-state index is -2.93. The predicted molar refractivity (Wildman–Crippen MR) is 101 cm³/mol. The van der Waals surface area contributed by atoms with Crippen molar-refractivity contribution in [2.75, 3.05) is 18.4 Å². The van der Waals surface area contributed by atoms with Gasteiger partial charge in [0, 0.05) is 17.8 Å². The number of ether oxygens (including phenoxy) is 1. The zero-order chi connectivity index (χ0) is 20.4. The van der Waals surface area contributed by atoms with Crippen molar-refractivity contribution in [3.8, 4) is 5.75 Å². The first-order chi connectivity index (χ1) is 13.5. The van der Waals surface area contributed by atoms with Crippen molar-refractivity contribution in [1.29, 1.82) is 0 Å². The highest BCUT2D eigenvalue weighted by atomic mass is 19.3. The summed E-state index contributed by atoms with van der Waals surface area (Å²) in [6, 6.07) is 11.9. The molecule has 0 saturated carbocycles. The number of alkyl halides is 2. The molecule has 2 aromatic rings. The lowest BCUT2D eigenvalue weighted by molar-refractivity contribution is -0.115. The van der Waals surface area contributed by atoms with Gasteiger partial charge in [-0.05, 0) is 31.2 Å². The first-order valence-corrected chi connectivity index (χ1v) is 8.58. The molecule has 0 aliphatic carbocycles. The molecule has 2 aromatic carbocycles. The van der Waals surface area contributed by atoms with E-state index in [0.29, 0.717) is 23.8 Å². The second kappa shape index (κ2) is 10.8. The monoisotopic (exact) mass is 394 g/mol. The van der Waals surface area contributed by atoms with Crippen molar-refractivity contribution in [3.05, 3.63) is 59.9 Å². The Labute approximate surface area is 160 Å². The van der Waals surface area contributed by atoms with Crippen LogP contribution in [-0.2, 0) is 11.3 Å². The standard InChI is InChI=1S/C19H21F3N4O2/c1-2-23-19(24-11-13-6-3-4-9-16(13)28-18(21)22)25-12-17(27)26-15-8-5-7-14(20)10-15/h3-10,18H,2,11-12H2,1H3,(H,26,27)(H2,23,24,25). The largest absolute Gasteiger partial charge is 0.434 e. The molecule has 2 rings (SSSR count). The minimum absolute atomic E-state index is 0.0425. The predicted octanol–water partition coefficient (Wildman–Crippen LogP) is 3.12. The maximum atomic E-state index is 13.2. The Bertz CT molecular complexity index is 815. The number of rotatable bonds is 8. The number of nitrogens with zero attached hydrogens (tertiary/aromatic N) is 1. The van der Waals surface area contributed by atoms with Crippen LogP contribution in [0, 0.1) is 5.82 Å². The Morgan fingerprint density at radius 1 is 1.14 bits per heavy atom. The number of guanidine groups is 1. The van der Waals surface area contributed by atoms with Crippen LogP contribution in [0.5, 0.6) is 5.75 Å². The second-order valence-corrected chi connectivity index (χ2v) is 5.59. The lowest BCUT2D eigenvalue weighted by Crippen LogP contribution is -2.41. The Kier molecular flexibility index (Phi) is 8.13. The van der Waals surface area contributed by atoms with Gasteiger partial charge in [-0.2, -0.15) is 8.78 Å². The third-order valence-electron chi connectivity index (χ3n) is 3.47. The average molecular weight is 394 g/mol. The van der Waals surface area contributed by atoms with Crippen molar-refractivity contribution in [2.24, 2.45) is 4.99 Å². The molecule has 0 radical (unpaired) electrons. The van der Waals surface area contributed by atoms with Crippen LogP contribution in [0.15, 0.2) is 53.5 Å². The normalized spacial score (nSPS) is 11.2. The summed E-state index contributed by atoms with van der Waals surface area (Å²) >= 11 is 0. The summed E-state index contributed by atoms with van der Waals surface area (Å²) in [4.78, 5) is 16.3. The summed E-state index contributed by atoms with van der Waals surface area (Å²) in [5.41, 5.74) is 0.816. The molecule has 0 saturated heterocycles. The average Bonchev–Trinajstić information content (AvgIpc) is 2.64.